The van der Waals surface area contributed by atoms with Gasteiger partial charge in [0.1, 0.15) is 12.4 Å². The van der Waals surface area contributed by atoms with Crippen LogP contribution in [0.15, 0.2) is 42.5 Å². The molecule has 0 bridgehead atoms. The van der Waals surface area contributed by atoms with Gasteiger partial charge in [0.05, 0.1) is 29.9 Å². The summed E-state index contributed by atoms with van der Waals surface area (Å²) in [6, 6.07) is 11.9. The lowest BCUT2D eigenvalue weighted by molar-refractivity contribution is 0.0600. The Hall–Kier alpha value is -2.73. The van der Waals surface area contributed by atoms with Crippen molar-refractivity contribution in [2.45, 2.75) is 13.3 Å². The van der Waals surface area contributed by atoms with E-state index in [0.717, 1.165) is 12.2 Å². The van der Waals surface area contributed by atoms with Crippen molar-refractivity contribution in [1.82, 2.24) is 5.32 Å². The van der Waals surface area contributed by atoms with Crippen molar-refractivity contribution < 1.29 is 19.1 Å². The van der Waals surface area contributed by atoms with Crippen LogP contribution in [0.5, 0.6) is 5.75 Å². The van der Waals surface area contributed by atoms with Crippen molar-refractivity contribution in [3.63, 3.8) is 0 Å². The van der Waals surface area contributed by atoms with E-state index in [1.165, 1.54) is 30.9 Å². The van der Waals surface area contributed by atoms with Crippen molar-refractivity contribution in [2.24, 2.45) is 0 Å². The van der Waals surface area contributed by atoms with Crippen LogP contribution in [0, 0.1) is 0 Å². The van der Waals surface area contributed by atoms with Crippen molar-refractivity contribution in [2.75, 3.05) is 25.6 Å². The zero-order valence-electron chi connectivity index (χ0n) is 14.7. The van der Waals surface area contributed by atoms with E-state index in [9.17, 15) is 9.59 Å². The van der Waals surface area contributed by atoms with Crippen LogP contribution in [0.25, 0.3) is 0 Å². The van der Waals surface area contributed by atoms with E-state index in [2.05, 4.69) is 22.3 Å². The number of nitrogens with one attached hydrogen (secondary N) is 2. The normalized spacial score (nSPS) is 10.1. The predicted octanol–water partition coefficient (Wildman–Crippen LogP) is 3.89. The third-order valence-corrected chi connectivity index (χ3v) is 3.95. The third-order valence-electron chi connectivity index (χ3n) is 3.62. The van der Waals surface area contributed by atoms with Crippen molar-refractivity contribution in [1.29, 1.82) is 0 Å². The minimum atomic E-state index is -0.507. The molecule has 0 heterocycles. The fraction of sp³-hybridized carbons (Fsp3) is 0.263. The number of methoxy groups -OCH3 is 1. The molecule has 2 rings (SSSR count). The summed E-state index contributed by atoms with van der Waals surface area (Å²) in [6.07, 6.45) is 0.974. The van der Waals surface area contributed by atoms with Gasteiger partial charge in [-0.3, -0.25) is 0 Å². The van der Waals surface area contributed by atoms with E-state index in [-0.39, 0.29) is 0 Å². The standard InChI is InChI=1S/C19H21ClN2O4/c1-3-13-4-7-15(8-5-13)26-11-10-21-19(24)22-17-12-14(18(23)25-2)6-9-16(17)20/h4-9,12H,3,10-11H2,1-2H3,(H2,21,22,24). The largest absolute Gasteiger partial charge is 0.492 e. The molecule has 0 aromatic heterocycles. The molecule has 2 amide bonds. The summed E-state index contributed by atoms with van der Waals surface area (Å²) in [7, 11) is 1.28. The minimum absolute atomic E-state index is 0.297. The number of esters is 1. The molecule has 7 heteroatoms. The maximum absolute atomic E-state index is 12.0. The Morgan fingerprint density at radius 3 is 2.50 bits per heavy atom. The maximum Gasteiger partial charge on any atom is 0.337 e. The second-order valence-electron chi connectivity index (χ2n) is 5.41. The second kappa shape index (κ2) is 9.68. The first-order valence-electron chi connectivity index (χ1n) is 8.18. The van der Waals surface area contributed by atoms with Gasteiger partial charge in [-0.2, -0.15) is 0 Å². The van der Waals surface area contributed by atoms with Crippen LogP contribution in [0.4, 0.5) is 10.5 Å². The summed E-state index contributed by atoms with van der Waals surface area (Å²) < 4.78 is 10.2. The number of hydrogen-bond acceptors (Lipinski definition) is 4. The lowest BCUT2D eigenvalue weighted by Gasteiger charge is -2.11. The average Bonchev–Trinajstić information content (AvgIpc) is 2.66. The molecular formula is C19H21ClN2O4. The van der Waals surface area contributed by atoms with Gasteiger partial charge in [0, 0.05) is 0 Å². The third kappa shape index (κ3) is 5.67. The number of anilines is 1. The molecule has 0 spiro atoms. The number of ether oxygens (including phenoxy) is 2. The van der Waals surface area contributed by atoms with Crippen LogP contribution in [0.2, 0.25) is 5.02 Å². The lowest BCUT2D eigenvalue weighted by atomic mass is 10.2. The highest BCUT2D eigenvalue weighted by Crippen LogP contribution is 2.23. The first-order valence-corrected chi connectivity index (χ1v) is 8.55. The first kappa shape index (κ1) is 19.6. The Labute approximate surface area is 157 Å². The summed E-state index contributed by atoms with van der Waals surface area (Å²) in [6.45, 7) is 2.73. The number of rotatable bonds is 7. The summed E-state index contributed by atoms with van der Waals surface area (Å²) in [4.78, 5) is 23.5. The summed E-state index contributed by atoms with van der Waals surface area (Å²) in [5, 5.41) is 5.58. The van der Waals surface area contributed by atoms with Gasteiger partial charge in [-0.1, -0.05) is 30.7 Å². The van der Waals surface area contributed by atoms with Crippen LogP contribution >= 0.6 is 11.6 Å². The highest BCUT2D eigenvalue weighted by molar-refractivity contribution is 6.33. The molecule has 0 saturated heterocycles. The molecule has 0 atom stereocenters. The van der Waals surface area contributed by atoms with E-state index in [4.69, 9.17) is 16.3 Å². The highest BCUT2D eigenvalue weighted by Gasteiger charge is 2.11. The maximum atomic E-state index is 12.0. The van der Waals surface area contributed by atoms with Gasteiger partial charge in [0.2, 0.25) is 0 Å². The SMILES string of the molecule is CCc1ccc(OCCNC(=O)Nc2cc(C(=O)OC)ccc2Cl)cc1. The number of carbonyl (C=O) groups excluding carboxylic acids is 2. The van der Waals surface area contributed by atoms with E-state index in [1.807, 2.05) is 24.3 Å². The van der Waals surface area contributed by atoms with Gasteiger partial charge in [-0.05, 0) is 42.3 Å². The zero-order valence-corrected chi connectivity index (χ0v) is 15.4. The molecule has 138 valence electrons. The molecule has 0 unspecified atom stereocenters. The van der Waals surface area contributed by atoms with E-state index in [0.29, 0.717) is 29.4 Å². The molecule has 0 aliphatic heterocycles. The van der Waals surface area contributed by atoms with Gasteiger partial charge in [0.25, 0.3) is 0 Å². The topological polar surface area (TPSA) is 76.7 Å². The van der Waals surface area contributed by atoms with Crippen LogP contribution in [-0.4, -0.2) is 32.3 Å². The average molecular weight is 377 g/mol. The van der Waals surface area contributed by atoms with E-state index < -0.39 is 12.0 Å². The Kier molecular flexibility index (Phi) is 7.29. The number of aryl methyl sites for hydroxylation is 1. The smallest absolute Gasteiger partial charge is 0.337 e. The van der Waals surface area contributed by atoms with E-state index >= 15 is 0 Å². The Morgan fingerprint density at radius 1 is 1.12 bits per heavy atom. The zero-order chi connectivity index (χ0) is 18.9. The number of halogens is 1. The molecule has 2 aromatic rings. The molecule has 0 aliphatic rings. The molecule has 26 heavy (non-hydrogen) atoms. The quantitative estimate of drug-likeness (QED) is 0.567. The Morgan fingerprint density at radius 2 is 1.85 bits per heavy atom. The number of amides is 2. The van der Waals surface area contributed by atoms with Gasteiger partial charge < -0.3 is 20.1 Å². The Balaban J connectivity index is 1.80. The highest BCUT2D eigenvalue weighted by atomic mass is 35.5. The molecule has 0 fully saturated rings. The van der Waals surface area contributed by atoms with Crippen LogP contribution in [-0.2, 0) is 11.2 Å². The van der Waals surface area contributed by atoms with Gasteiger partial charge in [0.15, 0.2) is 0 Å². The van der Waals surface area contributed by atoms with Crippen LogP contribution in [0.3, 0.4) is 0 Å². The summed E-state index contributed by atoms with van der Waals surface area (Å²) >= 11 is 6.03. The second-order valence-corrected chi connectivity index (χ2v) is 5.82. The molecule has 0 aliphatic carbocycles. The molecule has 2 aromatic carbocycles. The number of benzene rings is 2. The number of carbonyl (C=O) groups is 2. The van der Waals surface area contributed by atoms with Gasteiger partial charge >= 0.3 is 12.0 Å². The molecular weight excluding hydrogens is 356 g/mol. The molecule has 6 nitrogen and oxygen atoms in total. The fourth-order valence-corrected chi connectivity index (χ4v) is 2.35. The van der Waals surface area contributed by atoms with Crippen molar-refractivity contribution in [3.8, 4) is 5.75 Å². The van der Waals surface area contributed by atoms with Gasteiger partial charge in [-0.15, -0.1) is 0 Å². The fourth-order valence-electron chi connectivity index (χ4n) is 2.19. The molecule has 0 saturated carbocycles. The Bertz CT molecular complexity index is 763. The lowest BCUT2D eigenvalue weighted by Crippen LogP contribution is -2.32. The van der Waals surface area contributed by atoms with E-state index in [1.54, 1.807) is 0 Å². The summed E-state index contributed by atoms with van der Waals surface area (Å²) in [5.41, 5.74) is 1.86. The number of hydrogen-bond donors (Lipinski definition) is 2. The van der Waals surface area contributed by atoms with Crippen LogP contribution in [0.1, 0.15) is 22.8 Å². The monoisotopic (exact) mass is 376 g/mol. The van der Waals surface area contributed by atoms with Crippen LogP contribution < -0.4 is 15.4 Å². The van der Waals surface area contributed by atoms with Crippen molar-refractivity contribution >= 4 is 29.3 Å². The predicted molar refractivity (Wildman–Crippen MR) is 101 cm³/mol. The minimum Gasteiger partial charge on any atom is -0.492 e. The van der Waals surface area contributed by atoms with Gasteiger partial charge in [-0.25, -0.2) is 9.59 Å². The number of urea groups is 1. The van der Waals surface area contributed by atoms with Crippen molar-refractivity contribution in [3.05, 3.63) is 58.6 Å². The summed E-state index contributed by atoms with van der Waals surface area (Å²) in [5.74, 6) is 0.242. The molecule has 0 radical (unpaired) electrons. The first-order chi connectivity index (χ1) is 12.5. The molecule has 2 N–H and O–H groups in total.